The smallest absolute Gasteiger partial charge is 0.394 e. The van der Waals surface area contributed by atoms with Crippen molar-refractivity contribution in [1.29, 1.82) is 0 Å². The highest BCUT2D eigenvalue weighted by atomic mass is 19.3. The summed E-state index contributed by atoms with van der Waals surface area (Å²) in [4.78, 5) is 23.1. The van der Waals surface area contributed by atoms with Gasteiger partial charge < -0.3 is 14.4 Å². The number of nitrogens with zero attached hydrogens (tertiary/aromatic N) is 3. The zero-order valence-corrected chi connectivity index (χ0v) is 16.2. The fourth-order valence-corrected chi connectivity index (χ4v) is 3.20. The van der Waals surface area contributed by atoms with Crippen LogP contribution in [0.5, 0.6) is 11.5 Å². The molecule has 30 heavy (non-hydrogen) atoms. The Bertz CT molecular complexity index is 1040. The largest absolute Gasteiger partial charge is 0.491 e. The molecule has 0 spiro atoms. The van der Waals surface area contributed by atoms with Gasteiger partial charge in [-0.1, -0.05) is 18.2 Å². The Morgan fingerprint density at radius 3 is 2.50 bits per heavy atom. The van der Waals surface area contributed by atoms with Crippen LogP contribution >= 0.6 is 0 Å². The molecule has 154 valence electrons. The van der Waals surface area contributed by atoms with Crippen molar-refractivity contribution in [2.24, 2.45) is 0 Å². The molecular formula is C22H19F2N3O3. The fourth-order valence-electron chi connectivity index (χ4n) is 3.20. The molecule has 3 aromatic rings. The third-order valence-electron chi connectivity index (χ3n) is 4.55. The number of benzene rings is 2. The van der Waals surface area contributed by atoms with E-state index in [4.69, 9.17) is 4.74 Å². The van der Waals surface area contributed by atoms with Crippen LogP contribution in [0, 0.1) is 0 Å². The van der Waals surface area contributed by atoms with Crippen LogP contribution in [0.1, 0.15) is 23.1 Å². The molecule has 0 N–H and O–H groups in total. The summed E-state index contributed by atoms with van der Waals surface area (Å²) in [5, 5.41) is 0. The van der Waals surface area contributed by atoms with Crippen LogP contribution in [-0.2, 0) is 6.54 Å². The van der Waals surface area contributed by atoms with Gasteiger partial charge in [0.2, 0.25) is 0 Å². The molecule has 0 fully saturated rings. The van der Waals surface area contributed by atoms with Crippen molar-refractivity contribution in [1.82, 2.24) is 14.9 Å². The molecule has 0 saturated carbocycles. The number of hydrogen-bond acceptors (Lipinski definition) is 5. The minimum absolute atomic E-state index is 0.0643. The first kappa shape index (κ1) is 19.8. The number of carbonyl (C=O) groups is 1. The SMILES string of the molecule is CC(F)(F)Oc1ccc(-c2ccc3c(c2)C(=O)N(Cc2ncccn2)CCO3)cc1. The number of halogens is 2. The fraction of sp³-hybridized carbons (Fsp3) is 0.227. The molecule has 4 rings (SSSR count). The molecule has 1 aliphatic heterocycles. The van der Waals surface area contributed by atoms with E-state index in [9.17, 15) is 13.6 Å². The maximum absolute atomic E-state index is 13.1. The van der Waals surface area contributed by atoms with E-state index in [2.05, 4.69) is 14.7 Å². The third-order valence-corrected chi connectivity index (χ3v) is 4.55. The number of ether oxygens (including phenoxy) is 2. The standard InChI is InChI=1S/C22H19F2N3O3/c1-22(23,24)30-17-6-3-15(4-7-17)16-5-8-19-18(13-16)21(28)27(11-12-29-19)14-20-25-9-2-10-26-20/h2-10,13H,11-12,14H2,1H3. The molecular weight excluding hydrogens is 392 g/mol. The van der Waals surface area contributed by atoms with Crippen molar-refractivity contribution in [2.45, 2.75) is 19.6 Å². The Morgan fingerprint density at radius 2 is 1.80 bits per heavy atom. The van der Waals surface area contributed by atoms with Crippen LogP contribution in [-0.4, -0.2) is 40.0 Å². The number of alkyl halides is 2. The van der Waals surface area contributed by atoms with Crippen LogP contribution in [0.2, 0.25) is 0 Å². The summed E-state index contributed by atoms with van der Waals surface area (Å²) in [7, 11) is 0. The Balaban J connectivity index is 1.59. The summed E-state index contributed by atoms with van der Waals surface area (Å²) in [6.45, 7) is 1.75. The number of rotatable bonds is 5. The topological polar surface area (TPSA) is 64.5 Å². The van der Waals surface area contributed by atoms with Crippen LogP contribution in [0.15, 0.2) is 60.9 Å². The summed E-state index contributed by atoms with van der Waals surface area (Å²) < 4.78 is 36.3. The predicted octanol–water partition coefficient (Wildman–Crippen LogP) is 4.17. The summed E-state index contributed by atoms with van der Waals surface area (Å²) in [6.07, 6.45) is 0.0191. The van der Waals surface area contributed by atoms with Gasteiger partial charge in [0, 0.05) is 19.3 Å². The highest BCUT2D eigenvalue weighted by Crippen LogP contribution is 2.31. The summed E-state index contributed by atoms with van der Waals surface area (Å²) in [5.74, 6) is 0.941. The average Bonchev–Trinajstić information content (AvgIpc) is 2.87. The van der Waals surface area contributed by atoms with Gasteiger partial charge in [-0.15, -0.1) is 0 Å². The summed E-state index contributed by atoms with van der Waals surface area (Å²) >= 11 is 0. The lowest BCUT2D eigenvalue weighted by atomic mass is 10.0. The number of carbonyl (C=O) groups excluding carboxylic acids is 1. The second-order valence-electron chi connectivity index (χ2n) is 6.89. The van der Waals surface area contributed by atoms with E-state index in [0.717, 1.165) is 11.1 Å². The van der Waals surface area contributed by atoms with Gasteiger partial charge in [-0.2, -0.15) is 8.78 Å². The molecule has 0 aliphatic carbocycles. The van der Waals surface area contributed by atoms with E-state index in [-0.39, 0.29) is 18.2 Å². The zero-order chi connectivity index (χ0) is 21.1. The minimum atomic E-state index is -3.25. The van der Waals surface area contributed by atoms with Gasteiger partial charge in [-0.25, -0.2) is 9.97 Å². The lowest BCUT2D eigenvalue weighted by Crippen LogP contribution is -2.32. The van der Waals surface area contributed by atoms with E-state index in [1.807, 2.05) is 6.07 Å². The molecule has 0 saturated heterocycles. The Hall–Kier alpha value is -3.55. The van der Waals surface area contributed by atoms with Crippen molar-refractivity contribution in [2.75, 3.05) is 13.2 Å². The van der Waals surface area contributed by atoms with E-state index < -0.39 is 6.11 Å². The molecule has 1 aliphatic rings. The van der Waals surface area contributed by atoms with Gasteiger partial charge in [0.25, 0.3) is 5.91 Å². The van der Waals surface area contributed by atoms with Crippen molar-refractivity contribution in [3.05, 3.63) is 72.3 Å². The average molecular weight is 411 g/mol. The summed E-state index contributed by atoms with van der Waals surface area (Å²) in [6, 6.07) is 13.3. The molecule has 0 unspecified atom stereocenters. The van der Waals surface area contributed by atoms with Gasteiger partial charge in [-0.05, 0) is 41.5 Å². The highest BCUT2D eigenvalue weighted by Gasteiger charge is 2.25. The highest BCUT2D eigenvalue weighted by molar-refractivity contribution is 5.98. The van der Waals surface area contributed by atoms with Crippen LogP contribution < -0.4 is 9.47 Å². The lowest BCUT2D eigenvalue weighted by molar-refractivity contribution is -0.158. The maximum Gasteiger partial charge on any atom is 0.394 e. The van der Waals surface area contributed by atoms with Crippen molar-refractivity contribution < 1.29 is 23.0 Å². The van der Waals surface area contributed by atoms with Crippen LogP contribution in [0.3, 0.4) is 0 Å². The normalized spacial score (nSPS) is 14.0. The van der Waals surface area contributed by atoms with E-state index in [1.165, 1.54) is 12.1 Å². The van der Waals surface area contributed by atoms with Gasteiger partial charge >= 0.3 is 6.11 Å². The monoisotopic (exact) mass is 411 g/mol. The molecule has 1 amide bonds. The maximum atomic E-state index is 13.1. The Kier molecular flexibility index (Phi) is 5.31. The minimum Gasteiger partial charge on any atom is -0.491 e. The van der Waals surface area contributed by atoms with Crippen LogP contribution in [0.4, 0.5) is 8.78 Å². The van der Waals surface area contributed by atoms with Gasteiger partial charge in [0.15, 0.2) is 0 Å². The van der Waals surface area contributed by atoms with E-state index >= 15 is 0 Å². The first-order valence-electron chi connectivity index (χ1n) is 9.38. The van der Waals surface area contributed by atoms with Gasteiger partial charge in [-0.3, -0.25) is 4.79 Å². The quantitative estimate of drug-likeness (QED) is 0.631. The second-order valence-corrected chi connectivity index (χ2v) is 6.89. The van der Waals surface area contributed by atoms with Crippen molar-refractivity contribution >= 4 is 5.91 Å². The zero-order valence-electron chi connectivity index (χ0n) is 16.2. The Labute approximate surface area is 172 Å². The van der Waals surface area contributed by atoms with Gasteiger partial charge in [0.1, 0.15) is 23.9 Å². The first-order valence-corrected chi connectivity index (χ1v) is 9.38. The molecule has 0 bridgehead atoms. The van der Waals surface area contributed by atoms with Crippen molar-refractivity contribution in [3.8, 4) is 22.6 Å². The molecule has 1 aromatic heterocycles. The molecule has 2 heterocycles. The first-order chi connectivity index (χ1) is 14.4. The number of aromatic nitrogens is 2. The van der Waals surface area contributed by atoms with Gasteiger partial charge in [0.05, 0.1) is 18.7 Å². The van der Waals surface area contributed by atoms with E-state index in [1.54, 1.807) is 47.6 Å². The molecule has 0 radical (unpaired) electrons. The Morgan fingerprint density at radius 1 is 1.10 bits per heavy atom. The lowest BCUT2D eigenvalue weighted by Gasteiger charge is -2.19. The van der Waals surface area contributed by atoms with Crippen molar-refractivity contribution in [3.63, 3.8) is 0 Å². The second kappa shape index (κ2) is 8.06. The number of hydrogen-bond donors (Lipinski definition) is 0. The molecule has 0 atom stereocenters. The molecule has 6 nitrogen and oxygen atoms in total. The molecule has 8 heteroatoms. The van der Waals surface area contributed by atoms with Crippen LogP contribution in [0.25, 0.3) is 11.1 Å². The molecule has 2 aromatic carbocycles. The number of fused-ring (bicyclic) bond motifs is 1. The third kappa shape index (κ3) is 4.53. The predicted molar refractivity (Wildman–Crippen MR) is 105 cm³/mol. The van der Waals surface area contributed by atoms with E-state index in [0.29, 0.717) is 37.2 Å². The summed E-state index contributed by atoms with van der Waals surface area (Å²) in [5.41, 5.74) is 1.96. The number of amides is 1.